The van der Waals surface area contributed by atoms with Gasteiger partial charge in [0.2, 0.25) is 0 Å². The van der Waals surface area contributed by atoms with Crippen LogP contribution in [0.4, 0.5) is 0 Å². The average Bonchev–Trinajstić information content (AvgIpc) is 2.57. The maximum absolute atomic E-state index is 12.1. The summed E-state index contributed by atoms with van der Waals surface area (Å²) in [5.41, 5.74) is 1.59. The van der Waals surface area contributed by atoms with Crippen LogP contribution >= 0.6 is 0 Å². The van der Waals surface area contributed by atoms with Crippen LogP contribution in [0, 0.1) is 0 Å². The van der Waals surface area contributed by atoms with Gasteiger partial charge in [-0.25, -0.2) is 4.79 Å². The fourth-order valence-electron chi connectivity index (χ4n) is 2.32. The van der Waals surface area contributed by atoms with Crippen molar-refractivity contribution in [1.29, 1.82) is 0 Å². The van der Waals surface area contributed by atoms with Gasteiger partial charge in [0, 0.05) is 17.4 Å². The Morgan fingerprint density at radius 1 is 1.04 bits per heavy atom. The number of hydrogen-bond acceptors (Lipinski definition) is 5. The molecule has 5 nitrogen and oxygen atoms in total. The summed E-state index contributed by atoms with van der Waals surface area (Å²) >= 11 is 0. The summed E-state index contributed by atoms with van der Waals surface area (Å²) in [5.74, 6) is 0.165. The van der Waals surface area contributed by atoms with Gasteiger partial charge in [-0.3, -0.25) is 0 Å². The number of benzene rings is 2. The molecule has 0 spiro atoms. The first-order chi connectivity index (χ1) is 11.5. The van der Waals surface area contributed by atoms with Crippen LogP contribution < -0.4 is 9.81 Å². The SMILES string of the molecule is CCS(=O)(=O)Oc1ccc(Cc2cc3ccccc3oc2=O)cc1. The molecule has 0 aliphatic carbocycles. The molecule has 3 aromatic rings. The van der Waals surface area contributed by atoms with E-state index < -0.39 is 10.1 Å². The normalized spacial score (nSPS) is 11.5. The number of rotatable bonds is 5. The van der Waals surface area contributed by atoms with Gasteiger partial charge < -0.3 is 8.60 Å². The van der Waals surface area contributed by atoms with Crippen molar-refractivity contribution >= 4 is 21.1 Å². The van der Waals surface area contributed by atoms with E-state index in [4.69, 9.17) is 8.60 Å². The average molecular weight is 344 g/mol. The summed E-state index contributed by atoms with van der Waals surface area (Å²) in [6.45, 7) is 1.52. The molecule has 2 aromatic carbocycles. The molecular weight excluding hydrogens is 328 g/mol. The van der Waals surface area contributed by atoms with Crippen molar-refractivity contribution in [3.8, 4) is 5.75 Å². The molecule has 3 rings (SSSR count). The lowest BCUT2D eigenvalue weighted by Crippen LogP contribution is -2.11. The van der Waals surface area contributed by atoms with Crippen LogP contribution in [0.25, 0.3) is 11.0 Å². The first-order valence-electron chi connectivity index (χ1n) is 7.50. The highest BCUT2D eigenvalue weighted by atomic mass is 32.2. The quantitative estimate of drug-likeness (QED) is 0.525. The van der Waals surface area contributed by atoms with Crippen molar-refractivity contribution in [3.05, 3.63) is 76.1 Å². The maximum Gasteiger partial charge on any atom is 0.339 e. The van der Waals surface area contributed by atoms with E-state index in [1.165, 1.54) is 6.92 Å². The summed E-state index contributed by atoms with van der Waals surface area (Å²) in [7, 11) is -3.54. The van der Waals surface area contributed by atoms with Gasteiger partial charge in [-0.05, 0) is 36.8 Å². The molecule has 0 bridgehead atoms. The second-order valence-electron chi connectivity index (χ2n) is 5.35. The molecule has 1 aromatic heterocycles. The summed E-state index contributed by atoms with van der Waals surface area (Å²) in [6.07, 6.45) is 0.397. The van der Waals surface area contributed by atoms with Crippen LogP contribution in [-0.4, -0.2) is 14.2 Å². The maximum atomic E-state index is 12.1. The van der Waals surface area contributed by atoms with Crippen molar-refractivity contribution in [3.63, 3.8) is 0 Å². The Bertz CT molecular complexity index is 1020. The molecule has 0 aliphatic rings. The van der Waals surface area contributed by atoms with Crippen LogP contribution in [0.5, 0.6) is 5.75 Å². The van der Waals surface area contributed by atoms with Crippen LogP contribution in [0.1, 0.15) is 18.1 Å². The van der Waals surface area contributed by atoms with E-state index in [9.17, 15) is 13.2 Å². The third-order valence-corrected chi connectivity index (χ3v) is 4.76. The molecule has 0 saturated heterocycles. The number of fused-ring (bicyclic) bond motifs is 1. The topological polar surface area (TPSA) is 73.6 Å². The zero-order chi connectivity index (χ0) is 17.2. The summed E-state index contributed by atoms with van der Waals surface area (Å²) in [5, 5.41) is 0.862. The molecule has 0 radical (unpaired) electrons. The van der Waals surface area contributed by atoms with E-state index in [2.05, 4.69) is 0 Å². The standard InChI is InChI=1S/C18H16O5S/c1-2-24(20,21)23-16-9-7-13(8-10-16)11-15-12-14-5-3-4-6-17(14)22-18(15)19/h3-10,12H,2,11H2,1H3. The minimum atomic E-state index is -3.54. The molecule has 0 atom stereocenters. The minimum Gasteiger partial charge on any atom is -0.423 e. The van der Waals surface area contributed by atoms with Gasteiger partial charge in [0.15, 0.2) is 0 Å². The number of para-hydroxylation sites is 1. The van der Waals surface area contributed by atoms with E-state index >= 15 is 0 Å². The summed E-state index contributed by atoms with van der Waals surface area (Å²) in [6, 6.07) is 15.8. The lowest BCUT2D eigenvalue weighted by atomic mass is 10.1. The molecule has 0 saturated carbocycles. The zero-order valence-electron chi connectivity index (χ0n) is 13.1. The van der Waals surface area contributed by atoms with Crippen LogP contribution in [0.15, 0.2) is 63.8 Å². The van der Waals surface area contributed by atoms with Gasteiger partial charge >= 0.3 is 15.7 Å². The first-order valence-corrected chi connectivity index (χ1v) is 9.07. The van der Waals surface area contributed by atoms with E-state index in [1.54, 1.807) is 30.3 Å². The molecule has 24 heavy (non-hydrogen) atoms. The molecule has 0 unspecified atom stereocenters. The van der Waals surface area contributed by atoms with Gasteiger partial charge in [0.25, 0.3) is 0 Å². The molecule has 0 amide bonds. The Morgan fingerprint density at radius 3 is 2.46 bits per heavy atom. The second-order valence-corrected chi connectivity index (χ2v) is 7.21. The van der Waals surface area contributed by atoms with E-state index in [1.807, 2.05) is 24.3 Å². The van der Waals surface area contributed by atoms with E-state index in [0.717, 1.165) is 10.9 Å². The molecule has 0 fully saturated rings. The first kappa shape index (κ1) is 16.3. The molecule has 1 heterocycles. The Kier molecular flexibility index (Phi) is 4.40. The van der Waals surface area contributed by atoms with Crippen LogP contribution in [0.2, 0.25) is 0 Å². The van der Waals surface area contributed by atoms with Crippen molar-refractivity contribution < 1.29 is 17.0 Å². The van der Waals surface area contributed by atoms with E-state index in [-0.39, 0.29) is 17.1 Å². The monoisotopic (exact) mass is 344 g/mol. The van der Waals surface area contributed by atoms with Gasteiger partial charge in [-0.2, -0.15) is 8.42 Å². The molecule has 6 heteroatoms. The highest BCUT2D eigenvalue weighted by molar-refractivity contribution is 7.87. The lowest BCUT2D eigenvalue weighted by Gasteiger charge is -2.06. The molecule has 0 aliphatic heterocycles. The highest BCUT2D eigenvalue weighted by Crippen LogP contribution is 2.18. The third-order valence-electron chi connectivity index (χ3n) is 3.61. The van der Waals surface area contributed by atoms with Gasteiger partial charge in [0.05, 0.1) is 5.75 Å². The predicted octanol–water partition coefficient (Wildman–Crippen LogP) is 3.11. The Labute approximate surface area is 139 Å². The third kappa shape index (κ3) is 3.65. The largest absolute Gasteiger partial charge is 0.423 e. The van der Waals surface area contributed by atoms with Crippen LogP contribution in [0.3, 0.4) is 0 Å². The fourth-order valence-corrected chi connectivity index (χ4v) is 2.84. The highest BCUT2D eigenvalue weighted by Gasteiger charge is 2.10. The lowest BCUT2D eigenvalue weighted by molar-refractivity contribution is 0.487. The Hall–Kier alpha value is -2.60. The Morgan fingerprint density at radius 2 is 1.75 bits per heavy atom. The summed E-state index contributed by atoms with van der Waals surface area (Å²) < 4.78 is 33.1. The second kappa shape index (κ2) is 6.49. The Balaban J connectivity index is 1.84. The van der Waals surface area contributed by atoms with Crippen molar-refractivity contribution in [1.82, 2.24) is 0 Å². The van der Waals surface area contributed by atoms with Gasteiger partial charge in [0.1, 0.15) is 11.3 Å². The summed E-state index contributed by atoms with van der Waals surface area (Å²) in [4.78, 5) is 12.1. The fraction of sp³-hybridized carbons (Fsp3) is 0.167. The molecule has 0 N–H and O–H groups in total. The van der Waals surface area contributed by atoms with Crippen molar-refractivity contribution in [2.75, 3.05) is 5.75 Å². The molecular formula is C18H16O5S. The predicted molar refractivity (Wildman–Crippen MR) is 91.8 cm³/mol. The van der Waals surface area contributed by atoms with Crippen LogP contribution in [-0.2, 0) is 16.5 Å². The van der Waals surface area contributed by atoms with Gasteiger partial charge in [-0.1, -0.05) is 30.3 Å². The zero-order valence-corrected chi connectivity index (χ0v) is 13.9. The van der Waals surface area contributed by atoms with Crippen molar-refractivity contribution in [2.45, 2.75) is 13.3 Å². The van der Waals surface area contributed by atoms with Gasteiger partial charge in [-0.15, -0.1) is 0 Å². The smallest absolute Gasteiger partial charge is 0.339 e. The molecule has 124 valence electrons. The van der Waals surface area contributed by atoms with E-state index in [0.29, 0.717) is 17.6 Å². The minimum absolute atomic E-state index is 0.0904. The van der Waals surface area contributed by atoms with Crippen molar-refractivity contribution in [2.24, 2.45) is 0 Å². The number of hydrogen-bond donors (Lipinski definition) is 0.